The Morgan fingerprint density at radius 1 is 0.757 bits per heavy atom. The molecular weight excluding hydrogens is 472 g/mol. The van der Waals surface area contributed by atoms with E-state index in [9.17, 15) is 0 Å². The summed E-state index contributed by atoms with van der Waals surface area (Å²) in [6.07, 6.45) is 3.82. The second-order valence-electron chi connectivity index (χ2n) is 8.59. The molecule has 4 aromatic rings. The van der Waals surface area contributed by atoms with Crippen LogP contribution in [0, 0.1) is 0 Å². The van der Waals surface area contributed by atoms with Crippen LogP contribution in [0.25, 0.3) is 33.3 Å². The quantitative estimate of drug-likeness (QED) is 0.156. The van der Waals surface area contributed by atoms with Crippen molar-refractivity contribution in [3.8, 4) is 11.4 Å². The smallest absolute Gasteiger partial charge is 0.228 e. The number of benzene rings is 2. The first kappa shape index (κ1) is 26.7. The number of nitrogens with one attached hydrogen (secondary N) is 2. The zero-order valence-corrected chi connectivity index (χ0v) is 21.1. The minimum absolute atomic E-state index is 0.233. The first-order valence-electron chi connectivity index (χ1n) is 12.9. The zero-order chi connectivity index (χ0) is 25.7. The van der Waals surface area contributed by atoms with E-state index >= 15 is 0 Å². The van der Waals surface area contributed by atoms with Crippen LogP contribution < -0.4 is 16.4 Å². The highest BCUT2D eigenvalue weighted by atomic mass is 16.5. The molecule has 198 valence electrons. The number of ether oxygens (including phenoxy) is 2. The zero-order valence-electron chi connectivity index (χ0n) is 21.1. The van der Waals surface area contributed by atoms with E-state index < -0.39 is 0 Å². The summed E-state index contributed by atoms with van der Waals surface area (Å²) in [6, 6.07) is 14.0. The SMILES string of the molecule is NCCOCCOCCNc1nc(NCCCCCCO)nc(-c2cccc3c2oc2ccccc23)n1. The molecule has 0 aliphatic heterocycles. The molecule has 0 atom stereocenters. The maximum Gasteiger partial charge on any atom is 0.228 e. The van der Waals surface area contributed by atoms with Crippen molar-refractivity contribution < 1.29 is 19.0 Å². The molecule has 4 rings (SSSR count). The predicted molar refractivity (Wildman–Crippen MR) is 146 cm³/mol. The number of unbranched alkanes of at least 4 members (excludes halogenated alkanes) is 3. The predicted octanol–water partition coefficient (Wildman–Crippen LogP) is 3.81. The van der Waals surface area contributed by atoms with Crippen molar-refractivity contribution >= 4 is 33.8 Å². The normalized spacial score (nSPS) is 11.4. The molecule has 37 heavy (non-hydrogen) atoms. The van der Waals surface area contributed by atoms with Gasteiger partial charge in [-0.15, -0.1) is 0 Å². The molecule has 0 bridgehead atoms. The van der Waals surface area contributed by atoms with Gasteiger partial charge in [0.05, 0.1) is 32.0 Å². The number of para-hydroxylation sites is 2. The van der Waals surface area contributed by atoms with Crippen LogP contribution >= 0.6 is 0 Å². The van der Waals surface area contributed by atoms with Crippen molar-refractivity contribution in [3.63, 3.8) is 0 Å². The van der Waals surface area contributed by atoms with Crippen LogP contribution in [-0.2, 0) is 9.47 Å². The number of aliphatic hydroxyl groups is 1. The lowest BCUT2D eigenvalue weighted by atomic mass is 10.1. The van der Waals surface area contributed by atoms with Crippen LogP contribution in [0.2, 0.25) is 0 Å². The third-order valence-corrected chi connectivity index (χ3v) is 5.81. The largest absolute Gasteiger partial charge is 0.455 e. The van der Waals surface area contributed by atoms with Crippen molar-refractivity contribution in [2.45, 2.75) is 25.7 Å². The van der Waals surface area contributed by atoms with E-state index in [1.54, 1.807) is 0 Å². The maximum atomic E-state index is 8.97. The van der Waals surface area contributed by atoms with E-state index in [0.717, 1.165) is 59.7 Å². The fourth-order valence-corrected chi connectivity index (χ4v) is 4.01. The highest BCUT2D eigenvalue weighted by molar-refractivity contribution is 6.09. The van der Waals surface area contributed by atoms with Crippen molar-refractivity contribution in [2.24, 2.45) is 5.73 Å². The van der Waals surface area contributed by atoms with Crippen LogP contribution in [0.3, 0.4) is 0 Å². The average molecular weight is 509 g/mol. The number of anilines is 2. The highest BCUT2D eigenvalue weighted by Gasteiger charge is 2.16. The van der Waals surface area contributed by atoms with E-state index in [4.69, 9.17) is 34.7 Å². The van der Waals surface area contributed by atoms with E-state index in [2.05, 4.69) is 21.7 Å². The van der Waals surface area contributed by atoms with Gasteiger partial charge in [0.15, 0.2) is 5.82 Å². The molecule has 10 heteroatoms. The topological polar surface area (TPSA) is 141 Å². The summed E-state index contributed by atoms with van der Waals surface area (Å²) in [5.74, 6) is 1.49. The molecule has 0 amide bonds. The Bertz CT molecular complexity index is 1250. The summed E-state index contributed by atoms with van der Waals surface area (Å²) in [5.41, 5.74) is 7.79. The summed E-state index contributed by atoms with van der Waals surface area (Å²) in [4.78, 5) is 14.0. The number of furan rings is 1. The molecule has 0 unspecified atom stereocenters. The summed E-state index contributed by atoms with van der Waals surface area (Å²) in [5, 5.41) is 17.6. The standard InChI is InChI=1S/C27H36N6O4/c28-12-16-35-18-19-36-17-14-30-27-32-25(31-26(33-27)29-13-5-1-2-6-15-34)22-10-7-9-21-20-8-3-4-11-23(20)37-24(21)22/h3-4,7-11,34H,1-2,5-6,12-19,28H2,(H2,29,30,31,32,33). The second-order valence-corrected chi connectivity index (χ2v) is 8.59. The molecule has 0 aliphatic rings. The van der Waals surface area contributed by atoms with Crippen LogP contribution in [0.15, 0.2) is 46.9 Å². The first-order chi connectivity index (χ1) is 18.3. The van der Waals surface area contributed by atoms with Crippen molar-refractivity contribution in [1.29, 1.82) is 0 Å². The molecule has 0 radical (unpaired) electrons. The Labute approximate surface area is 216 Å². The van der Waals surface area contributed by atoms with E-state index in [1.807, 2.05) is 36.4 Å². The van der Waals surface area contributed by atoms with Crippen molar-refractivity contribution in [2.75, 3.05) is 63.3 Å². The van der Waals surface area contributed by atoms with E-state index in [-0.39, 0.29) is 6.61 Å². The summed E-state index contributed by atoms with van der Waals surface area (Å²) >= 11 is 0. The van der Waals surface area contributed by atoms with Gasteiger partial charge in [-0.25, -0.2) is 0 Å². The third-order valence-electron chi connectivity index (χ3n) is 5.81. The van der Waals surface area contributed by atoms with Gasteiger partial charge in [0, 0.05) is 37.0 Å². The monoisotopic (exact) mass is 508 g/mol. The Hall–Kier alpha value is -3.31. The molecule has 2 heterocycles. The maximum absolute atomic E-state index is 8.97. The van der Waals surface area contributed by atoms with E-state index in [0.29, 0.717) is 57.2 Å². The Balaban J connectivity index is 1.49. The Morgan fingerprint density at radius 3 is 2.30 bits per heavy atom. The lowest BCUT2D eigenvalue weighted by Gasteiger charge is -2.11. The van der Waals surface area contributed by atoms with Gasteiger partial charge < -0.3 is 35.4 Å². The lowest BCUT2D eigenvalue weighted by Crippen LogP contribution is -2.16. The Kier molecular flexibility index (Phi) is 10.4. The minimum Gasteiger partial charge on any atom is -0.455 e. The summed E-state index contributed by atoms with van der Waals surface area (Å²) < 4.78 is 17.1. The average Bonchev–Trinajstić information content (AvgIpc) is 3.31. The lowest BCUT2D eigenvalue weighted by molar-refractivity contribution is 0.0547. The van der Waals surface area contributed by atoms with Gasteiger partial charge in [-0.1, -0.05) is 43.2 Å². The Morgan fingerprint density at radius 2 is 1.49 bits per heavy atom. The molecule has 0 spiro atoms. The van der Waals surface area contributed by atoms with E-state index in [1.165, 1.54) is 0 Å². The molecule has 2 aromatic heterocycles. The van der Waals surface area contributed by atoms with Crippen LogP contribution in [0.1, 0.15) is 25.7 Å². The van der Waals surface area contributed by atoms with Crippen LogP contribution in [0.5, 0.6) is 0 Å². The molecule has 10 nitrogen and oxygen atoms in total. The molecule has 0 saturated carbocycles. The second kappa shape index (κ2) is 14.4. The number of nitrogens with zero attached hydrogens (tertiary/aromatic N) is 3. The van der Waals surface area contributed by atoms with Gasteiger partial charge in [0.2, 0.25) is 11.9 Å². The number of hydrogen-bond acceptors (Lipinski definition) is 10. The molecular formula is C27H36N6O4. The van der Waals surface area contributed by atoms with Gasteiger partial charge >= 0.3 is 0 Å². The van der Waals surface area contributed by atoms with Gasteiger partial charge in [-0.2, -0.15) is 15.0 Å². The first-order valence-corrected chi connectivity index (χ1v) is 12.9. The molecule has 5 N–H and O–H groups in total. The number of rotatable bonds is 17. The summed E-state index contributed by atoms with van der Waals surface area (Å²) in [6.45, 7) is 4.04. The third kappa shape index (κ3) is 7.59. The molecule has 0 saturated heterocycles. The highest BCUT2D eigenvalue weighted by Crippen LogP contribution is 2.34. The molecule has 0 fully saturated rings. The fourth-order valence-electron chi connectivity index (χ4n) is 4.01. The summed E-state index contributed by atoms with van der Waals surface area (Å²) in [7, 11) is 0. The minimum atomic E-state index is 0.233. The van der Waals surface area contributed by atoms with Gasteiger partial charge in [0.25, 0.3) is 0 Å². The number of fused-ring (bicyclic) bond motifs is 3. The molecule has 2 aromatic carbocycles. The van der Waals surface area contributed by atoms with Gasteiger partial charge in [0.1, 0.15) is 11.2 Å². The van der Waals surface area contributed by atoms with Crippen molar-refractivity contribution in [3.05, 3.63) is 42.5 Å². The number of aromatic nitrogens is 3. The number of aliphatic hydroxyl groups excluding tert-OH is 1. The fraction of sp³-hybridized carbons (Fsp3) is 0.444. The van der Waals surface area contributed by atoms with Crippen LogP contribution in [0.4, 0.5) is 11.9 Å². The van der Waals surface area contributed by atoms with Gasteiger partial charge in [-0.3, -0.25) is 0 Å². The van der Waals surface area contributed by atoms with Crippen LogP contribution in [-0.4, -0.2) is 72.7 Å². The number of hydrogen-bond donors (Lipinski definition) is 4. The van der Waals surface area contributed by atoms with Crippen molar-refractivity contribution in [1.82, 2.24) is 15.0 Å². The van der Waals surface area contributed by atoms with Gasteiger partial charge in [-0.05, 0) is 25.0 Å². The number of nitrogens with two attached hydrogens (primary N) is 1. The molecule has 0 aliphatic carbocycles.